The van der Waals surface area contributed by atoms with E-state index in [1.807, 2.05) is 45.2 Å². The summed E-state index contributed by atoms with van der Waals surface area (Å²) in [6.45, 7) is 3.44. The van der Waals surface area contributed by atoms with Crippen LogP contribution in [-0.2, 0) is 9.59 Å². The lowest BCUT2D eigenvalue weighted by Gasteiger charge is -2.01. The molecule has 0 bridgehead atoms. The zero-order valence-corrected chi connectivity index (χ0v) is 10.0. The van der Waals surface area contributed by atoms with Crippen LogP contribution in [-0.4, -0.2) is 19.4 Å². The van der Waals surface area contributed by atoms with Gasteiger partial charge in [0, 0.05) is 0 Å². The first kappa shape index (κ1) is 10.8. The third-order valence-corrected chi connectivity index (χ3v) is 2.10. The maximum Gasteiger partial charge on any atom is 0.211 e. The maximum atomic E-state index is 10.9. The van der Waals surface area contributed by atoms with Crippen LogP contribution in [0.4, 0.5) is 0 Å². The molecule has 2 nitrogen and oxygen atoms in total. The minimum Gasteiger partial charge on any atom is -0.290 e. The highest BCUT2D eigenvalue weighted by atomic mass is 127. The average molecular weight is 366 g/mol. The minimum atomic E-state index is -0.275. The van der Waals surface area contributed by atoms with Crippen LogP contribution in [0.1, 0.15) is 13.8 Å². The molecule has 0 saturated carbocycles. The van der Waals surface area contributed by atoms with Crippen LogP contribution in [0.2, 0.25) is 0 Å². The van der Waals surface area contributed by atoms with Crippen molar-refractivity contribution in [1.29, 1.82) is 0 Å². The third kappa shape index (κ3) is 3.27. The summed E-state index contributed by atoms with van der Waals surface area (Å²) in [4.78, 5) is 21.8. The second kappa shape index (κ2) is 4.63. The molecule has 58 valence electrons. The summed E-state index contributed by atoms with van der Waals surface area (Å²) >= 11 is 3.89. The molecule has 0 aromatic heterocycles. The van der Waals surface area contributed by atoms with Gasteiger partial charge in [-0.2, -0.15) is 0 Å². The van der Waals surface area contributed by atoms with Crippen LogP contribution in [0.15, 0.2) is 0 Å². The lowest BCUT2D eigenvalue weighted by molar-refractivity contribution is -0.135. The van der Waals surface area contributed by atoms with Crippen LogP contribution in [0, 0.1) is 0 Å². The number of Topliss-reactive ketones (excluding diaryl/α,β-unsaturated/α-hetero) is 2. The molecule has 0 amide bonds. The topological polar surface area (TPSA) is 34.1 Å². The molecule has 10 heavy (non-hydrogen) atoms. The highest BCUT2D eigenvalue weighted by Gasteiger charge is 2.21. The number of hydrogen-bond donors (Lipinski definition) is 0. The van der Waals surface area contributed by atoms with Crippen LogP contribution >= 0.6 is 45.2 Å². The summed E-state index contributed by atoms with van der Waals surface area (Å²) in [6.07, 6.45) is 0. The normalized spacial score (nSPS) is 16.0. The Morgan fingerprint density at radius 3 is 1.30 bits per heavy atom. The standard InChI is InChI=1S/C6H8I2O2/c1-3(7)5(9)6(10)4(2)8/h3-4H,1-2H3. The van der Waals surface area contributed by atoms with Crippen molar-refractivity contribution in [3.8, 4) is 0 Å². The van der Waals surface area contributed by atoms with E-state index in [-0.39, 0.29) is 19.4 Å². The van der Waals surface area contributed by atoms with E-state index < -0.39 is 0 Å². The SMILES string of the molecule is CC(I)C(=O)C(=O)C(C)I. The van der Waals surface area contributed by atoms with E-state index in [4.69, 9.17) is 0 Å². The van der Waals surface area contributed by atoms with E-state index in [1.165, 1.54) is 0 Å². The average Bonchev–Trinajstić information content (AvgIpc) is 1.84. The van der Waals surface area contributed by atoms with Gasteiger partial charge in [0.15, 0.2) is 0 Å². The van der Waals surface area contributed by atoms with Crippen molar-refractivity contribution >= 4 is 56.7 Å². The van der Waals surface area contributed by atoms with E-state index in [1.54, 1.807) is 13.8 Å². The molecule has 0 aromatic carbocycles. The molecule has 4 heteroatoms. The summed E-state index contributed by atoms with van der Waals surface area (Å²) in [6, 6.07) is 0. The Bertz CT molecular complexity index is 134. The van der Waals surface area contributed by atoms with Gasteiger partial charge in [0.25, 0.3) is 0 Å². The Morgan fingerprint density at radius 2 is 1.20 bits per heavy atom. The zero-order chi connectivity index (χ0) is 8.31. The fourth-order valence-electron chi connectivity index (χ4n) is 0.392. The highest BCUT2D eigenvalue weighted by molar-refractivity contribution is 14.1. The second-order valence-electron chi connectivity index (χ2n) is 1.96. The van der Waals surface area contributed by atoms with Gasteiger partial charge in [-0.1, -0.05) is 45.2 Å². The van der Waals surface area contributed by atoms with Gasteiger partial charge < -0.3 is 0 Å². The molecule has 2 unspecified atom stereocenters. The summed E-state index contributed by atoms with van der Waals surface area (Å²) in [5.41, 5.74) is 0. The van der Waals surface area contributed by atoms with Gasteiger partial charge >= 0.3 is 0 Å². The molecule has 0 fully saturated rings. The lowest BCUT2D eigenvalue weighted by atomic mass is 10.2. The van der Waals surface area contributed by atoms with Gasteiger partial charge in [-0.15, -0.1) is 0 Å². The van der Waals surface area contributed by atoms with Gasteiger partial charge in [0.2, 0.25) is 11.6 Å². The number of ketones is 2. The summed E-state index contributed by atoms with van der Waals surface area (Å²) in [7, 11) is 0. The molecule has 0 saturated heterocycles. The number of hydrogen-bond acceptors (Lipinski definition) is 2. The maximum absolute atomic E-state index is 10.9. The molecular formula is C6H8I2O2. The van der Waals surface area contributed by atoms with Gasteiger partial charge in [-0.05, 0) is 13.8 Å². The van der Waals surface area contributed by atoms with Crippen LogP contribution in [0.25, 0.3) is 0 Å². The van der Waals surface area contributed by atoms with E-state index in [0.717, 1.165) is 0 Å². The van der Waals surface area contributed by atoms with Gasteiger partial charge in [-0.25, -0.2) is 0 Å². The molecule has 0 radical (unpaired) electrons. The molecule has 0 N–H and O–H groups in total. The van der Waals surface area contributed by atoms with Crippen molar-refractivity contribution in [2.75, 3.05) is 0 Å². The molecule has 0 spiro atoms. The zero-order valence-electron chi connectivity index (χ0n) is 5.73. The smallest absolute Gasteiger partial charge is 0.211 e. The fourth-order valence-corrected chi connectivity index (χ4v) is 1.01. The van der Waals surface area contributed by atoms with E-state index in [9.17, 15) is 9.59 Å². The number of rotatable bonds is 3. The Kier molecular flexibility index (Phi) is 5.00. The summed E-state index contributed by atoms with van der Waals surface area (Å²) in [5.74, 6) is -0.551. The molecular weight excluding hydrogens is 358 g/mol. The second-order valence-corrected chi connectivity index (χ2v) is 5.70. The number of carbonyl (C=O) groups excluding carboxylic acids is 2. The van der Waals surface area contributed by atoms with E-state index in [0.29, 0.717) is 0 Å². The van der Waals surface area contributed by atoms with Crippen molar-refractivity contribution in [2.45, 2.75) is 21.7 Å². The lowest BCUT2D eigenvalue weighted by Crippen LogP contribution is -2.27. The predicted molar refractivity (Wildman–Crippen MR) is 57.0 cm³/mol. The summed E-state index contributed by atoms with van der Waals surface area (Å²) in [5, 5.41) is 0. The first-order valence-corrected chi connectivity index (χ1v) is 5.32. The quantitative estimate of drug-likeness (QED) is 0.434. The third-order valence-electron chi connectivity index (χ3n) is 0.965. The van der Waals surface area contributed by atoms with Gasteiger partial charge in [0.1, 0.15) is 0 Å². The first-order chi connectivity index (χ1) is 4.46. The monoisotopic (exact) mass is 366 g/mol. The van der Waals surface area contributed by atoms with Crippen LogP contribution in [0.3, 0.4) is 0 Å². The van der Waals surface area contributed by atoms with Gasteiger partial charge in [0.05, 0.1) is 7.85 Å². The fraction of sp³-hybridized carbons (Fsp3) is 0.667. The Labute approximate surface area is 87.4 Å². The van der Waals surface area contributed by atoms with Crippen LogP contribution < -0.4 is 0 Å². The molecule has 0 aliphatic heterocycles. The van der Waals surface area contributed by atoms with Crippen LogP contribution in [0.5, 0.6) is 0 Å². The summed E-state index contributed by atoms with van der Waals surface area (Å²) < 4.78 is -0.385. The van der Waals surface area contributed by atoms with Crippen molar-refractivity contribution < 1.29 is 9.59 Å². The van der Waals surface area contributed by atoms with E-state index in [2.05, 4.69) is 0 Å². The highest BCUT2D eigenvalue weighted by Crippen LogP contribution is 2.07. The van der Waals surface area contributed by atoms with Crippen molar-refractivity contribution in [2.24, 2.45) is 0 Å². The Morgan fingerprint density at radius 1 is 1.00 bits per heavy atom. The predicted octanol–water partition coefficient (Wildman–Crippen LogP) is 1.77. The molecule has 0 heterocycles. The van der Waals surface area contributed by atoms with Crippen molar-refractivity contribution in [3.63, 3.8) is 0 Å². The largest absolute Gasteiger partial charge is 0.290 e. The molecule has 0 rings (SSSR count). The number of halogens is 2. The van der Waals surface area contributed by atoms with Crippen molar-refractivity contribution in [1.82, 2.24) is 0 Å². The van der Waals surface area contributed by atoms with Crippen molar-refractivity contribution in [3.05, 3.63) is 0 Å². The number of carbonyl (C=O) groups is 2. The first-order valence-electron chi connectivity index (χ1n) is 2.83. The Hall–Kier alpha value is 0.800. The molecule has 0 aromatic rings. The van der Waals surface area contributed by atoms with E-state index >= 15 is 0 Å². The molecule has 0 aliphatic carbocycles. The Balaban J connectivity index is 4.10. The molecule has 0 aliphatic rings. The molecule has 2 atom stereocenters. The minimum absolute atomic E-state index is 0.192. The number of alkyl halides is 2. The van der Waals surface area contributed by atoms with Gasteiger partial charge in [-0.3, -0.25) is 9.59 Å².